The Morgan fingerprint density at radius 3 is 2.58 bits per heavy atom. The highest BCUT2D eigenvalue weighted by molar-refractivity contribution is 14.0. The van der Waals surface area contributed by atoms with Crippen LogP contribution in [0, 0.1) is 5.82 Å². The van der Waals surface area contributed by atoms with Crippen LogP contribution in [-0.2, 0) is 5.41 Å². The van der Waals surface area contributed by atoms with Gasteiger partial charge in [-0.1, -0.05) is 12.1 Å². The number of aliphatic imine (C=N–C) groups is 1. The van der Waals surface area contributed by atoms with Gasteiger partial charge in [0.1, 0.15) is 5.82 Å². The van der Waals surface area contributed by atoms with E-state index >= 15 is 0 Å². The van der Waals surface area contributed by atoms with E-state index in [0.29, 0.717) is 0 Å². The number of guanidine groups is 1. The minimum absolute atomic E-state index is 0. The fourth-order valence-corrected chi connectivity index (χ4v) is 2.43. The van der Waals surface area contributed by atoms with Crippen LogP contribution in [0.4, 0.5) is 4.39 Å². The topological polar surface area (TPSA) is 36.4 Å². The molecule has 0 aromatic heterocycles. The molecule has 1 heterocycles. The van der Waals surface area contributed by atoms with Crippen LogP contribution in [-0.4, -0.2) is 25.6 Å². The molecule has 2 N–H and O–H groups in total. The third-order valence-corrected chi connectivity index (χ3v) is 3.80. The highest BCUT2D eigenvalue weighted by atomic mass is 127. The number of benzene rings is 1. The molecule has 1 fully saturated rings. The molecule has 1 saturated carbocycles. The van der Waals surface area contributed by atoms with Gasteiger partial charge in [0.25, 0.3) is 0 Å². The van der Waals surface area contributed by atoms with Crippen molar-refractivity contribution in [3.8, 4) is 0 Å². The monoisotopic (exact) mass is 375 g/mol. The van der Waals surface area contributed by atoms with E-state index < -0.39 is 0 Å². The van der Waals surface area contributed by atoms with Crippen molar-refractivity contribution in [3.63, 3.8) is 0 Å². The predicted molar refractivity (Wildman–Crippen MR) is 85.7 cm³/mol. The van der Waals surface area contributed by atoms with Gasteiger partial charge in [0, 0.05) is 25.0 Å². The summed E-state index contributed by atoms with van der Waals surface area (Å²) in [6.45, 7) is 2.78. The molecule has 0 saturated heterocycles. The molecule has 2 aliphatic rings. The van der Waals surface area contributed by atoms with Crippen molar-refractivity contribution in [2.45, 2.75) is 24.7 Å². The number of hydrogen-bond acceptors (Lipinski definition) is 3. The lowest BCUT2D eigenvalue weighted by Gasteiger charge is -2.21. The van der Waals surface area contributed by atoms with Gasteiger partial charge in [-0.3, -0.25) is 4.99 Å². The molecule has 1 aliphatic carbocycles. The maximum absolute atomic E-state index is 12.9. The normalized spacial score (nSPS) is 19.7. The molecule has 0 unspecified atom stereocenters. The van der Waals surface area contributed by atoms with Crippen LogP contribution in [0.2, 0.25) is 0 Å². The maximum Gasteiger partial charge on any atom is 0.191 e. The summed E-state index contributed by atoms with van der Waals surface area (Å²) in [5, 5.41) is 6.64. The predicted octanol–water partition coefficient (Wildman–Crippen LogP) is 2.41. The van der Waals surface area contributed by atoms with Gasteiger partial charge < -0.3 is 10.6 Å². The number of nitrogens with one attached hydrogen (secondary N) is 2. The van der Waals surface area contributed by atoms with Crippen molar-refractivity contribution in [2.75, 3.05) is 19.6 Å². The molecule has 3 rings (SSSR count). The summed E-state index contributed by atoms with van der Waals surface area (Å²) in [7, 11) is 0. The Morgan fingerprint density at radius 1 is 1.26 bits per heavy atom. The van der Waals surface area contributed by atoms with Crippen LogP contribution in [0.25, 0.3) is 0 Å². The van der Waals surface area contributed by atoms with Crippen molar-refractivity contribution in [3.05, 3.63) is 35.6 Å². The number of nitrogens with zero attached hydrogens (tertiary/aromatic N) is 1. The Labute approximate surface area is 130 Å². The molecule has 1 aromatic carbocycles. The Kier molecular flexibility index (Phi) is 4.65. The Balaban J connectivity index is 0.00000133. The molecule has 0 atom stereocenters. The van der Waals surface area contributed by atoms with Crippen molar-refractivity contribution < 1.29 is 4.39 Å². The highest BCUT2D eigenvalue weighted by Crippen LogP contribution is 2.47. The molecular formula is C14H19FIN3. The third-order valence-electron chi connectivity index (χ3n) is 3.80. The molecule has 104 valence electrons. The first-order valence-corrected chi connectivity index (χ1v) is 6.57. The van der Waals surface area contributed by atoms with E-state index in [9.17, 15) is 4.39 Å². The first-order chi connectivity index (χ1) is 8.78. The van der Waals surface area contributed by atoms with E-state index in [1.165, 1.54) is 18.4 Å². The molecule has 19 heavy (non-hydrogen) atoms. The van der Waals surface area contributed by atoms with Crippen molar-refractivity contribution in [2.24, 2.45) is 4.99 Å². The molecule has 0 amide bonds. The van der Waals surface area contributed by atoms with Gasteiger partial charge >= 0.3 is 0 Å². The van der Waals surface area contributed by atoms with Crippen LogP contribution in [0.3, 0.4) is 0 Å². The summed E-state index contributed by atoms with van der Waals surface area (Å²) < 4.78 is 12.9. The summed E-state index contributed by atoms with van der Waals surface area (Å²) in [4.78, 5) is 4.40. The second-order valence-electron chi connectivity index (χ2n) is 5.15. The number of halogens is 2. The number of rotatable bonds is 3. The molecule has 1 aliphatic heterocycles. The molecular weight excluding hydrogens is 356 g/mol. The second kappa shape index (κ2) is 6.07. The van der Waals surface area contributed by atoms with Crippen molar-refractivity contribution >= 4 is 29.9 Å². The molecule has 0 spiro atoms. The van der Waals surface area contributed by atoms with Gasteiger partial charge in [0.05, 0.1) is 0 Å². The second-order valence-corrected chi connectivity index (χ2v) is 5.15. The van der Waals surface area contributed by atoms with Crippen LogP contribution in [0.15, 0.2) is 29.3 Å². The minimum Gasteiger partial charge on any atom is -0.356 e. The van der Waals surface area contributed by atoms with E-state index in [1.807, 2.05) is 12.1 Å². The lowest BCUT2D eigenvalue weighted by Crippen LogP contribution is -2.43. The summed E-state index contributed by atoms with van der Waals surface area (Å²) >= 11 is 0. The first-order valence-electron chi connectivity index (χ1n) is 6.57. The lowest BCUT2D eigenvalue weighted by atomic mass is 9.96. The standard InChI is InChI=1S/C14H18FN3.HI/c15-12-4-2-11(3-5-12)14(6-7-14)10-18-13-16-8-1-9-17-13;/h2-5H,1,6-10H2,(H2,16,17,18);1H. The molecule has 0 radical (unpaired) electrons. The maximum atomic E-state index is 12.9. The Bertz CT molecular complexity index is 454. The largest absolute Gasteiger partial charge is 0.356 e. The van der Waals surface area contributed by atoms with E-state index in [0.717, 1.165) is 32.0 Å². The van der Waals surface area contributed by atoms with E-state index in [1.54, 1.807) is 12.1 Å². The summed E-state index contributed by atoms with van der Waals surface area (Å²) in [6.07, 6.45) is 3.44. The summed E-state index contributed by atoms with van der Waals surface area (Å²) in [5.74, 6) is 0.746. The molecule has 0 bridgehead atoms. The minimum atomic E-state index is -0.166. The van der Waals surface area contributed by atoms with Gasteiger partial charge in [0.15, 0.2) is 5.96 Å². The van der Waals surface area contributed by atoms with Gasteiger partial charge in [-0.2, -0.15) is 0 Å². The van der Waals surface area contributed by atoms with Gasteiger partial charge in [-0.05, 0) is 37.0 Å². The van der Waals surface area contributed by atoms with Crippen LogP contribution in [0.1, 0.15) is 24.8 Å². The number of hydrogen-bond donors (Lipinski definition) is 2. The zero-order valence-electron chi connectivity index (χ0n) is 10.8. The Hall–Kier alpha value is -0.850. The average molecular weight is 375 g/mol. The molecule has 1 aromatic rings. The Morgan fingerprint density at radius 2 is 2.00 bits per heavy atom. The van der Waals surface area contributed by atoms with Gasteiger partial charge in [0.2, 0.25) is 0 Å². The van der Waals surface area contributed by atoms with E-state index in [4.69, 9.17) is 0 Å². The zero-order chi connectivity index (χ0) is 12.4. The summed E-state index contributed by atoms with van der Waals surface area (Å²) in [5.41, 5.74) is 1.42. The smallest absolute Gasteiger partial charge is 0.191 e. The van der Waals surface area contributed by atoms with Crippen LogP contribution < -0.4 is 10.6 Å². The highest BCUT2D eigenvalue weighted by Gasteiger charge is 2.44. The lowest BCUT2D eigenvalue weighted by molar-refractivity contribution is 0.613. The average Bonchev–Trinajstić information content (AvgIpc) is 3.20. The summed E-state index contributed by atoms with van der Waals surface area (Å²) in [6, 6.07) is 6.90. The van der Waals surface area contributed by atoms with Crippen molar-refractivity contribution in [1.29, 1.82) is 0 Å². The van der Waals surface area contributed by atoms with Crippen LogP contribution in [0.5, 0.6) is 0 Å². The van der Waals surface area contributed by atoms with E-state index in [-0.39, 0.29) is 35.2 Å². The zero-order valence-corrected chi connectivity index (χ0v) is 13.1. The quantitative estimate of drug-likeness (QED) is 0.797. The molecule has 5 heteroatoms. The van der Waals surface area contributed by atoms with Crippen molar-refractivity contribution in [1.82, 2.24) is 10.6 Å². The fourth-order valence-electron chi connectivity index (χ4n) is 2.43. The van der Waals surface area contributed by atoms with E-state index in [2.05, 4.69) is 15.6 Å². The molecule has 3 nitrogen and oxygen atoms in total. The SMILES string of the molecule is Fc1ccc(C2(CNC3=NCCCN3)CC2)cc1.I. The third kappa shape index (κ3) is 3.38. The van der Waals surface area contributed by atoms with Gasteiger partial charge in [-0.25, -0.2) is 4.39 Å². The fraction of sp³-hybridized carbons (Fsp3) is 0.500. The van der Waals surface area contributed by atoms with Gasteiger partial charge in [-0.15, -0.1) is 24.0 Å². The van der Waals surface area contributed by atoms with Crippen LogP contribution >= 0.6 is 24.0 Å². The first kappa shape index (κ1) is 14.6.